The Morgan fingerprint density at radius 2 is 2.10 bits per heavy atom. The van der Waals surface area contributed by atoms with Gasteiger partial charge in [-0.1, -0.05) is 30.3 Å². The number of nitrogens with two attached hydrogens (primary N) is 1. The van der Waals surface area contributed by atoms with Crippen molar-refractivity contribution >= 4 is 11.6 Å². The van der Waals surface area contributed by atoms with Crippen molar-refractivity contribution in [3.8, 4) is 0 Å². The summed E-state index contributed by atoms with van der Waals surface area (Å²) in [5.41, 5.74) is 7.09. The van der Waals surface area contributed by atoms with Crippen molar-refractivity contribution in [3.63, 3.8) is 0 Å². The zero-order valence-corrected chi connectivity index (χ0v) is 7.07. The summed E-state index contributed by atoms with van der Waals surface area (Å²) in [6, 6.07) is 0. The van der Waals surface area contributed by atoms with E-state index in [-0.39, 0.29) is 0 Å². The molecule has 56 valence electrons. The fourth-order valence-electron chi connectivity index (χ4n) is 0.454. The first kappa shape index (κ1) is 9.31. The molecule has 1 nitrogen and oxygen atoms in total. The summed E-state index contributed by atoms with van der Waals surface area (Å²) < 4.78 is 0. The van der Waals surface area contributed by atoms with Crippen molar-refractivity contribution in [2.24, 2.45) is 5.73 Å². The molecule has 0 saturated carbocycles. The SMILES string of the molecule is C=C/C(C)=C(N)\C(Cl)=C/C. The van der Waals surface area contributed by atoms with E-state index < -0.39 is 0 Å². The molecule has 10 heavy (non-hydrogen) atoms. The molecular weight excluding hydrogens is 146 g/mol. The fraction of sp³-hybridized carbons (Fsp3) is 0.250. The second-order valence-electron chi connectivity index (χ2n) is 1.94. The molecule has 0 aromatic rings. The Balaban J connectivity index is 4.63. The third-order valence-corrected chi connectivity index (χ3v) is 1.66. The number of allylic oxidation sites excluding steroid dienone is 4. The highest BCUT2D eigenvalue weighted by atomic mass is 35.5. The molecule has 0 aromatic carbocycles. The summed E-state index contributed by atoms with van der Waals surface area (Å²) >= 11 is 5.72. The molecule has 0 fully saturated rings. The molecule has 0 saturated heterocycles. The van der Waals surface area contributed by atoms with Gasteiger partial charge in [-0.25, -0.2) is 0 Å². The smallest absolute Gasteiger partial charge is 0.0595 e. The van der Waals surface area contributed by atoms with Crippen LogP contribution >= 0.6 is 11.6 Å². The van der Waals surface area contributed by atoms with Crippen LogP contribution in [0, 0.1) is 0 Å². The second kappa shape index (κ2) is 4.18. The van der Waals surface area contributed by atoms with Gasteiger partial charge in [-0.15, -0.1) is 0 Å². The van der Waals surface area contributed by atoms with E-state index in [1.165, 1.54) is 0 Å². The average Bonchev–Trinajstić information content (AvgIpc) is 2.00. The van der Waals surface area contributed by atoms with Gasteiger partial charge >= 0.3 is 0 Å². The molecular formula is C8H12ClN. The normalized spacial score (nSPS) is 14.5. The topological polar surface area (TPSA) is 26.0 Å². The Bertz CT molecular complexity index is 189. The van der Waals surface area contributed by atoms with E-state index in [0.29, 0.717) is 10.7 Å². The summed E-state index contributed by atoms with van der Waals surface area (Å²) in [5.74, 6) is 0. The van der Waals surface area contributed by atoms with Gasteiger partial charge in [0, 0.05) is 0 Å². The first-order valence-corrected chi connectivity index (χ1v) is 3.42. The summed E-state index contributed by atoms with van der Waals surface area (Å²) in [4.78, 5) is 0. The van der Waals surface area contributed by atoms with Crippen LogP contribution in [0.15, 0.2) is 35.0 Å². The second-order valence-corrected chi connectivity index (χ2v) is 2.34. The molecule has 0 aliphatic heterocycles. The van der Waals surface area contributed by atoms with Crippen LogP contribution in [0.1, 0.15) is 13.8 Å². The van der Waals surface area contributed by atoms with Gasteiger partial charge in [0.25, 0.3) is 0 Å². The van der Waals surface area contributed by atoms with Gasteiger partial charge in [0.1, 0.15) is 0 Å². The predicted molar refractivity (Wildman–Crippen MR) is 46.7 cm³/mol. The van der Waals surface area contributed by atoms with Gasteiger partial charge in [0.05, 0.1) is 10.7 Å². The number of halogens is 1. The third kappa shape index (κ3) is 2.28. The van der Waals surface area contributed by atoms with Crippen LogP contribution in [0.5, 0.6) is 0 Å². The highest BCUT2D eigenvalue weighted by Crippen LogP contribution is 2.13. The minimum Gasteiger partial charge on any atom is -0.397 e. The lowest BCUT2D eigenvalue weighted by Gasteiger charge is -2.00. The first-order valence-electron chi connectivity index (χ1n) is 3.04. The number of rotatable bonds is 2. The molecule has 0 spiro atoms. The Morgan fingerprint density at radius 3 is 2.40 bits per heavy atom. The molecule has 0 aromatic heterocycles. The van der Waals surface area contributed by atoms with Crippen LogP contribution in [0.3, 0.4) is 0 Å². The largest absolute Gasteiger partial charge is 0.397 e. The van der Waals surface area contributed by atoms with Crippen molar-refractivity contribution in [1.29, 1.82) is 0 Å². The molecule has 0 amide bonds. The maximum atomic E-state index is 5.72. The van der Waals surface area contributed by atoms with E-state index in [0.717, 1.165) is 5.57 Å². The van der Waals surface area contributed by atoms with E-state index in [4.69, 9.17) is 17.3 Å². The monoisotopic (exact) mass is 157 g/mol. The molecule has 2 heteroatoms. The van der Waals surface area contributed by atoms with Crippen LogP contribution < -0.4 is 5.73 Å². The van der Waals surface area contributed by atoms with Crippen LogP contribution in [-0.4, -0.2) is 0 Å². The Labute approximate surface area is 66.9 Å². The maximum absolute atomic E-state index is 5.72. The molecule has 0 aliphatic rings. The Hall–Kier alpha value is -0.690. The standard InChI is InChI=1S/C8H12ClN/c1-4-6(3)8(10)7(9)5-2/h4-5H,1,10H2,2-3H3/b7-5+,8-6+. The predicted octanol–water partition coefficient (Wildman–Crippen LogP) is 2.55. The van der Waals surface area contributed by atoms with Crippen molar-refractivity contribution in [2.75, 3.05) is 0 Å². The van der Waals surface area contributed by atoms with Gasteiger partial charge in [-0.3, -0.25) is 0 Å². The van der Waals surface area contributed by atoms with Crippen LogP contribution in [0.25, 0.3) is 0 Å². The van der Waals surface area contributed by atoms with Crippen molar-refractivity contribution in [3.05, 3.63) is 35.0 Å². The first-order chi connectivity index (χ1) is 4.63. The quantitative estimate of drug-likeness (QED) is 0.613. The van der Waals surface area contributed by atoms with Crippen LogP contribution in [0.4, 0.5) is 0 Å². The van der Waals surface area contributed by atoms with Crippen LogP contribution in [0.2, 0.25) is 0 Å². The molecule has 0 radical (unpaired) electrons. The minimum absolute atomic E-state index is 0.581. The highest BCUT2D eigenvalue weighted by molar-refractivity contribution is 6.31. The molecule has 0 bridgehead atoms. The average molecular weight is 158 g/mol. The minimum atomic E-state index is 0.581. The van der Waals surface area contributed by atoms with E-state index in [1.807, 2.05) is 13.8 Å². The lowest BCUT2D eigenvalue weighted by Crippen LogP contribution is -1.99. The number of hydrogen-bond donors (Lipinski definition) is 1. The van der Waals surface area contributed by atoms with Gasteiger partial charge < -0.3 is 5.73 Å². The zero-order valence-electron chi connectivity index (χ0n) is 6.32. The van der Waals surface area contributed by atoms with Gasteiger partial charge in [-0.2, -0.15) is 0 Å². The zero-order chi connectivity index (χ0) is 8.15. The molecule has 0 heterocycles. The van der Waals surface area contributed by atoms with E-state index in [9.17, 15) is 0 Å². The van der Waals surface area contributed by atoms with E-state index in [1.54, 1.807) is 12.2 Å². The van der Waals surface area contributed by atoms with Gasteiger partial charge in [-0.05, 0) is 19.4 Å². The summed E-state index contributed by atoms with van der Waals surface area (Å²) in [7, 11) is 0. The lowest BCUT2D eigenvalue weighted by atomic mass is 10.2. The Morgan fingerprint density at radius 1 is 1.60 bits per heavy atom. The molecule has 0 rings (SSSR count). The number of hydrogen-bond acceptors (Lipinski definition) is 1. The molecule has 0 unspecified atom stereocenters. The summed E-state index contributed by atoms with van der Waals surface area (Å²) in [6.07, 6.45) is 3.44. The molecule has 2 N–H and O–H groups in total. The van der Waals surface area contributed by atoms with Crippen molar-refractivity contribution in [1.82, 2.24) is 0 Å². The van der Waals surface area contributed by atoms with E-state index >= 15 is 0 Å². The van der Waals surface area contributed by atoms with Crippen LogP contribution in [-0.2, 0) is 0 Å². The highest BCUT2D eigenvalue weighted by Gasteiger charge is 1.96. The molecule has 0 atom stereocenters. The lowest BCUT2D eigenvalue weighted by molar-refractivity contribution is 1.30. The van der Waals surface area contributed by atoms with E-state index in [2.05, 4.69) is 6.58 Å². The Kier molecular flexibility index (Phi) is 3.89. The van der Waals surface area contributed by atoms with Gasteiger partial charge in [0.15, 0.2) is 0 Å². The summed E-state index contributed by atoms with van der Waals surface area (Å²) in [6.45, 7) is 7.28. The van der Waals surface area contributed by atoms with Crippen molar-refractivity contribution in [2.45, 2.75) is 13.8 Å². The molecule has 0 aliphatic carbocycles. The van der Waals surface area contributed by atoms with Gasteiger partial charge in [0.2, 0.25) is 0 Å². The third-order valence-electron chi connectivity index (χ3n) is 1.24. The van der Waals surface area contributed by atoms with Crippen molar-refractivity contribution < 1.29 is 0 Å². The fourth-order valence-corrected chi connectivity index (χ4v) is 0.603. The maximum Gasteiger partial charge on any atom is 0.0595 e. The summed E-state index contributed by atoms with van der Waals surface area (Å²) in [5, 5.41) is 0.581.